The Labute approximate surface area is 189 Å². The van der Waals surface area contributed by atoms with Gasteiger partial charge in [-0.05, 0) is 49.2 Å². The summed E-state index contributed by atoms with van der Waals surface area (Å²) in [6.07, 6.45) is 6.27. The van der Waals surface area contributed by atoms with E-state index >= 15 is 0 Å². The van der Waals surface area contributed by atoms with Crippen LogP contribution in [0.1, 0.15) is 59.2 Å². The average Bonchev–Trinajstić information content (AvgIpc) is 3.07. The quantitative estimate of drug-likeness (QED) is 0.415. The van der Waals surface area contributed by atoms with Crippen molar-refractivity contribution >= 4 is 27.6 Å². The van der Waals surface area contributed by atoms with Crippen molar-refractivity contribution in [3.63, 3.8) is 0 Å². The molecule has 156 valence electrons. The fraction of sp³-hybridized carbons (Fsp3) is 0.269. The molecule has 0 aromatic heterocycles. The Hall–Kier alpha value is -2.79. The normalized spacial score (nSPS) is 21.6. The van der Waals surface area contributed by atoms with Crippen molar-refractivity contribution < 1.29 is 14.3 Å². The summed E-state index contributed by atoms with van der Waals surface area (Å²) in [7, 11) is 0. The molecule has 1 N–H and O–H groups in total. The van der Waals surface area contributed by atoms with E-state index in [1.54, 1.807) is 0 Å². The van der Waals surface area contributed by atoms with Gasteiger partial charge in [0.05, 0.1) is 5.56 Å². The molecule has 0 saturated heterocycles. The second-order valence-corrected chi connectivity index (χ2v) is 9.46. The lowest BCUT2D eigenvalue weighted by molar-refractivity contribution is 0.0224. The van der Waals surface area contributed by atoms with Crippen LogP contribution >= 0.6 is 15.9 Å². The van der Waals surface area contributed by atoms with Gasteiger partial charge in [0, 0.05) is 39.0 Å². The second kappa shape index (κ2) is 7.13. The Bertz CT molecular complexity index is 1200. The smallest absolute Gasteiger partial charge is 0.340 e. The maximum atomic E-state index is 12.9. The third-order valence-electron chi connectivity index (χ3n) is 6.65. The molecule has 1 saturated carbocycles. The first-order chi connectivity index (χ1) is 15.1. The van der Waals surface area contributed by atoms with Gasteiger partial charge in [-0.1, -0.05) is 53.4 Å². The highest BCUT2D eigenvalue weighted by Crippen LogP contribution is 2.56. The molecular weight excluding hydrogens is 454 g/mol. The monoisotopic (exact) mass is 475 g/mol. The minimum atomic E-state index is -0.999. The van der Waals surface area contributed by atoms with Crippen molar-refractivity contribution in [2.45, 2.75) is 43.7 Å². The Morgan fingerprint density at radius 2 is 1.61 bits per heavy atom. The van der Waals surface area contributed by atoms with Crippen LogP contribution in [0, 0.1) is 0 Å². The summed E-state index contributed by atoms with van der Waals surface area (Å²) < 4.78 is 13.5. The summed E-state index contributed by atoms with van der Waals surface area (Å²) >= 11 is 3.55. The van der Waals surface area contributed by atoms with Gasteiger partial charge in [-0.15, -0.1) is 0 Å². The van der Waals surface area contributed by atoms with E-state index in [2.05, 4.69) is 27.3 Å². The maximum absolute atomic E-state index is 12.9. The highest BCUT2D eigenvalue weighted by molar-refractivity contribution is 9.10. The number of halogens is 1. The molecule has 0 amide bonds. The summed E-state index contributed by atoms with van der Waals surface area (Å²) in [5.74, 6) is 1.11. The van der Waals surface area contributed by atoms with Crippen LogP contribution in [0.3, 0.4) is 0 Å². The number of hydrogen-bond acceptors (Lipinski definition) is 4. The van der Waals surface area contributed by atoms with Crippen LogP contribution in [0.15, 0.2) is 65.1 Å². The Morgan fingerprint density at radius 3 is 2.45 bits per heavy atom. The Balaban J connectivity index is 1.51. The molecule has 1 atom stereocenters. The molecule has 3 aliphatic rings. The molecule has 1 aliphatic carbocycles. The number of esters is 1. The number of anilines is 1. The van der Waals surface area contributed by atoms with E-state index in [1.165, 1.54) is 32.1 Å². The van der Waals surface area contributed by atoms with Crippen molar-refractivity contribution in [1.82, 2.24) is 0 Å². The lowest BCUT2D eigenvalue weighted by Gasteiger charge is -2.37. The minimum Gasteiger partial charge on any atom is -0.456 e. The molecule has 1 fully saturated rings. The summed E-state index contributed by atoms with van der Waals surface area (Å²) in [5.41, 5.74) is 3.21. The van der Waals surface area contributed by atoms with E-state index in [1.807, 2.05) is 54.6 Å². The highest BCUT2D eigenvalue weighted by atomic mass is 79.9. The fourth-order valence-electron chi connectivity index (χ4n) is 5.22. The van der Waals surface area contributed by atoms with Crippen LogP contribution in [-0.2, 0) is 10.3 Å². The molecule has 31 heavy (non-hydrogen) atoms. The van der Waals surface area contributed by atoms with Gasteiger partial charge in [-0.25, -0.2) is 4.79 Å². The van der Waals surface area contributed by atoms with Crippen LogP contribution < -0.4 is 10.1 Å². The number of benzene rings is 3. The van der Waals surface area contributed by atoms with Crippen LogP contribution in [-0.4, -0.2) is 12.0 Å². The maximum Gasteiger partial charge on any atom is 0.340 e. The molecule has 1 unspecified atom stereocenters. The van der Waals surface area contributed by atoms with Crippen molar-refractivity contribution in [2.75, 3.05) is 5.32 Å². The molecule has 0 radical (unpaired) electrons. The zero-order valence-corrected chi connectivity index (χ0v) is 18.6. The molecule has 2 aliphatic heterocycles. The van der Waals surface area contributed by atoms with Gasteiger partial charge >= 0.3 is 5.97 Å². The van der Waals surface area contributed by atoms with Gasteiger partial charge in [-0.3, -0.25) is 0 Å². The van der Waals surface area contributed by atoms with Crippen LogP contribution in [0.25, 0.3) is 0 Å². The number of rotatable bonds is 2. The molecule has 0 bridgehead atoms. The SMILES string of the molecule is O=C1OC2(c3ccc(Br)cc3Oc3cc(NC4CCCCC4)ccc32)c2ccccc21. The predicted octanol–water partition coefficient (Wildman–Crippen LogP) is 6.76. The number of carbonyl (C=O) groups excluding carboxylic acids is 1. The topological polar surface area (TPSA) is 47.6 Å². The number of nitrogens with one attached hydrogen (secondary N) is 1. The average molecular weight is 476 g/mol. The largest absolute Gasteiger partial charge is 0.456 e. The number of hydrogen-bond donors (Lipinski definition) is 1. The Morgan fingerprint density at radius 1 is 0.871 bits per heavy atom. The predicted molar refractivity (Wildman–Crippen MR) is 123 cm³/mol. The molecular formula is C26H22BrNO3. The van der Waals surface area contributed by atoms with E-state index in [4.69, 9.17) is 9.47 Å². The summed E-state index contributed by atoms with van der Waals surface area (Å²) in [4.78, 5) is 12.9. The van der Waals surface area contributed by atoms with Gasteiger partial charge in [0.15, 0.2) is 5.60 Å². The molecule has 3 aromatic rings. The summed E-state index contributed by atoms with van der Waals surface area (Å²) in [6, 6.07) is 20.2. The minimum absolute atomic E-state index is 0.304. The van der Waals surface area contributed by atoms with Gasteiger partial charge in [-0.2, -0.15) is 0 Å². The first-order valence-electron chi connectivity index (χ1n) is 10.9. The van der Waals surface area contributed by atoms with E-state index in [0.29, 0.717) is 17.4 Å². The van der Waals surface area contributed by atoms with E-state index < -0.39 is 5.60 Å². The third kappa shape index (κ3) is 2.90. The lowest BCUT2D eigenvalue weighted by atomic mass is 9.77. The van der Waals surface area contributed by atoms with Gasteiger partial charge in [0.1, 0.15) is 11.5 Å². The summed E-state index contributed by atoms with van der Waals surface area (Å²) in [5, 5.41) is 3.68. The Kier molecular flexibility index (Phi) is 4.35. The molecule has 1 spiro atoms. The highest BCUT2D eigenvalue weighted by Gasteiger charge is 2.53. The molecule has 4 nitrogen and oxygen atoms in total. The van der Waals surface area contributed by atoms with Crippen molar-refractivity contribution in [3.8, 4) is 11.5 Å². The van der Waals surface area contributed by atoms with E-state index in [0.717, 1.165) is 32.6 Å². The third-order valence-corrected chi connectivity index (χ3v) is 7.15. The first kappa shape index (κ1) is 18.9. The van der Waals surface area contributed by atoms with Crippen LogP contribution in [0.5, 0.6) is 11.5 Å². The standard InChI is InChI=1S/C26H22BrNO3/c27-16-10-12-21-23(14-16)30-24-15-18(28-17-6-2-1-3-7-17)11-13-22(24)26(21)20-9-5-4-8-19(20)25(29)31-26/h4-5,8-15,17,28H,1-3,6-7H2. The molecule has 5 heteroatoms. The summed E-state index contributed by atoms with van der Waals surface area (Å²) in [6.45, 7) is 0. The van der Waals surface area contributed by atoms with Crippen molar-refractivity contribution in [2.24, 2.45) is 0 Å². The molecule has 6 rings (SSSR count). The van der Waals surface area contributed by atoms with Crippen LogP contribution in [0.2, 0.25) is 0 Å². The van der Waals surface area contributed by atoms with E-state index in [-0.39, 0.29) is 5.97 Å². The zero-order valence-electron chi connectivity index (χ0n) is 17.0. The van der Waals surface area contributed by atoms with Gasteiger partial charge in [0.25, 0.3) is 0 Å². The number of ether oxygens (including phenoxy) is 2. The van der Waals surface area contributed by atoms with Gasteiger partial charge < -0.3 is 14.8 Å². The van der Waals surface area contributed by atoms with Crippen molar-refractivity contribution in [1.29, 1.82) is 0 Å². The van der Waals surface area contributed by atoms with Gasteiger partial charge in [0.2, 0.25) is 0 Å². The molecule has 2 heterocycles. The van der Waals surface area contributed by atoms with Crippen molar-refractivity contribution in [3.05, 3.63) is 87.4 Å². The van der Waals surface area contributed by atoms with E-state index in [9.17, 15) is 4.79 Å². The first-order valence-corrected chi connectivity index (χ1v) is 11.7. The number of fused-ring (bicyclic) bond motifs is 6. The zero-order chi connectivity index (χ0) is 21.0. The lowest BCUT2D eigenvalue weighted by Crippen LogP contribution is -2.33. The fourth-order valence-corrected chi connectivity index (χ4v) is 5.56. The van der Waals surface area contributed by atoms with Crippen LogP contribution in [0.4, 0.5) is 5.69 Å². The molecule has 3 aromatic carbocycles. The number of carbonyl (C=O) groups is 1. The second-order valence-electron chi connectivity index (χ2n) is 8.55.